The highest BCUT2D eigenvalue weighted by molar-refractivity contribution is 5.19. The third-order valence-corrected chi connectivity index (χ3v) is 2.96. The molecule has 0 amide bonds. The number of hydrogen-bond donors (Lipinski definition) is 0. The molecule has 0 spiro atoms. The van der Waals surface area contributed by atoms with Crippen LogP contribution in [0.2, 0.25) is 0 Å². The first-order valence-electron chi connectivity index (χ1n) is 7.04. The molecular weight excluding hydrogens is 224 g/mol. The molecule has 0 aliphatic heterocycles. The minimum atomic E-state index is 0.699. The standard InChI is InChI=1S/C16H26O2/c1-3-17-13-7-5-4-6-8-14-18-16-11-9-15(2)10-12-16/h6,8-9,11H,3-5,7,10,12-14H2,1-2H3/b8-6+. The predicted octanol–water partition coefficient (Wildman–Crippen LogP) is 4.39. The van der Waals surface area contributed by atoms with E-state index in [0.717, 1.165) is 44.7 Å². The molecular formula is C16H26O2. The summed E-state index contributed by atoms with van der Waals surface area (Å²) in [4.78, 5) is 0. The van der Waals surface area contributed by atoms with Gasteiger partial charge in [0.05, 0.1) is 5.76 Å². The number of ether oxygens (including phenoxy) is 2. The first kappa shape index (κ1) is 15.0. The lowest BCUT2D eigenvalue weighted by Gasteiger charge is -2.12. The van der Waals surface area contributed by atoms with E-state index in [2.05, 4.69) is 31.2 Å². The first-order valence-corrected chi connectivity index (χ1v) is 7.04. The Hall–Kier alpha value is -1.02. The lowest BCUT2D eigenvalue weighted by Crippen LogP contribution is -1.96. The van der Waals surface area contributed by atoms with Crippen molar-refractivity contribution < 1.29 is 9.47 Å². The summed E-state index contributed by atoms with van der Waals surface area (Å²) < 4.78 is 11.0. The fourth-order valence-electron chi connectivity index (χ4n) is 1.79. The first-order chi connectivity index (χ1) is 8.83. The van der Waals surface area contributed by atoms with Gasteiger partial charge in [0.1, 0.15) is 6.61 Å². The smallest absolute Gasteiger partial charge is 0.106 e. The van der Waals surface area contributed by atoms with Gasteiger partial charge in [-0.25, -0.2) is 0 Å². The van der Waals surface area contributed by atoms with Crippen LogP contribution in [0.15, 0.2) is 35.6 Å². The molecule has 0 heterocycles. The minimum Gasteiger partial charge on any atom is -0.494 e. The zero-order chi connectivity index (χ0) is 13.1. The summed E-state index contributed by atoms with van der Waals surface area (Å²) in [5, 5.41) is 0. The Morgan fingerprint density at radius 1 is 1.17 bits per heavy atom. The molecule has 102 valence electrons. The van der Waals surface area contributed by atoms with Crippen LogP contribution in [-0.2, 0) is 9.47 Å². The zero-order valence-electron chi connectivity index (χ0n) is 11.8. The highest BCUT2D eigenvalue weighted by atomic mass is 16.5. The summed E-state index contributed by atoms with van der Waals surface area (Å²) in [5.74, 6) is 1.11. The molecule has 0 aromatic heterocycles. The third kappa shape index (κ3) is 7.33. The fourth-order valence-corrected chi connectivity index (χ4v) is 1.79. The number of allylic oxidation sites excluding steroid dienone is 5. The molecule has 2 nitrogen and oxygen atoms in total. The molecule has 0 aromatic rings. The quantitative estimate of drug-likeness (QED) is 0.446. The van der Waals surface area contributed by atoms with Crippen LogP contribution in [0, 0.1) is 0 Å². The second-order valence-electron chi connectivity index (χ2n) is 4.62. The molecule has 0 saturated carbocycles. The predicted molar refractivity (Wildman–Crippen MR) is 76.5 cm³/mol. The van der Waals surface area contributed by atoms with Crippen molar-refractivity contribution in [2.24, 2.45) is 0 Å². The maximum atomic E-state index is 5.68. The second kappa shape index (κ2) is 9.95. The van der Waals surface area contributed by atoms with Crippen molar-refractivity contribution in [3.8, 4) is 0 Å². The Labute approximate surface area is 111 Å². The van der Waals surface area contributed by atoms with Crippen LogP contribution in [0.5, 0.6) is 0 Å². The van der Waals surface area contributed by atoms with Gasteiger partial charge in [0.2, 0.25) is 0 Å². The molecule has 0 fully saturated rings. The van der Waals surface area contributed by atoms with E-state index in [1.807, 2.05) is 6.92 Å². The monoisotopic (exact) mass is 250 g/mol. The molecule has 2 heteroatoms. The molecule has 18 heavy (non-hydrogen) atoms. The highest BCUT2D eigenvalue weighted by Crippen LogP contribution is 2.18. The lowest BCUT2D eigenvalue weighted by atomic mass is 10.1. The Morgan fingerprint density at radius 2 is 2.06 bits per heavy atom. The van der Waals surface area contributed by atoms with Gasteiger partial charge in [-0.3, -0.25) is 0 Å². The average Bonchev–Trinajstić information content (AvgIpc) is 2.39. The van der Waals surface area contributed by atoms with Gasteiger partial charge in [-0.05, 0) is 45.6 Å². The van der Waals surface area contributed by atoms with Gasteiger partial charge in [-0.2, -0.15) is 0 Å². The van der Waals surface area contributed by atoms with Crippen LogP contribution < -0.4 is 0 Å². The van der Waals surface area contributed by atoms with Crippen LogP contribution >= 0.6 is 0 Å². The van der Waals surface area contributed by atoms with E-state index >= 15 is 0 Å². The second-order valence-corrected chi connectivity index (χ2v) is 4.62. The molecule has 1 aliphatic carbocycles. The average molecular weight is 250 g/mol. The molecule has 0 N–H and O–H groups in total. The van der Waals surface area contributed by atoms with E-state index in [1.165, 1.54) is 12.0 Å². The van der Waals surface area contributed by atoms with Gasteiger partial charge in [0.25, 0.3) is 0 Å². The Kier molecular flexibility index (Phi) is 8.32. The van der Waals surface area contributed by atoms with E-state index in [9.17, 15) is 0 Å². The van der Waals surface area contributed by atoms with E-state index < -0.39 is 0 Å². The van der Waals surface area contributed by atoms with E-state index in [0.29, 0.717) is 6.61 Å². The third-order valence-electron chi connectivity index (χ3n) is 2.96. The summed E-state index contributed by atoms with van der Waals surface area (Å²) in [6.45, 7) is 6.61. The van der Waals surface area contributed by atoms with Crippen molar-refractivity contribution >= 4 is 0 Å². The summed E-state index contributed by atoms with van der Waals surface area (Å²) in [6.07, 6.45) is 14.2. The number of rotatable bonds is 9. The van der Waals surface area contributed by atoms with Crippen LogP contribution in [-0.4, -0.2) is 19.8 Å². The van der Waals surface area contributed by atoms with E-state index in [-0.39, 0.29) is 0 Å². The van der Waals surface area contributed by atoms with Crippen molar-refractivity contribution in [2.45, 2.75) is 46.0 Å². The molecule has 0 saturated heterocycles. The summed E-state index contributed by atoms with van der Waals surface area (Å²) in [6, 6.07) is 0. The normalized spacial score (nSPS) is 15.7. The maximum Gasteiger partial charge on any atom is 0.106 e. The van der Waals surface area contributed by atoms with E-state index in [1.54, 1.807) is 0 Å². The van der Waals surface area contributed by atoms with E-state index in [4.69, 9.17) is 9.47 Å². The van der Waals surface area contributed by atoms with Crippen molar-refractivity contribution in [1.82, 2.24) is 0 Å². The van der Waals surface area contributed by atoms with Crippen molar-refractivity contribution in [3.05, 3.63) is 35.6 Å². The molecule has 0 unspecified atom stereocenters. The summed E-state index contributed by atoms with van der Waals surface area (Å²) in [7, 11) is 0. The van der Waals surface area contributed by atoms with Crippen molar-refractivity contribution in [3.63, 3.8) is 0 Å². The SMILES string of the molecule is CCOCCCC/C=C/COC1=CC=C(C)CC1. The summed E-state index contributed by atoms with van der Waals surface area (Å²) >= 11 is 0. The van der Waals surface area contributed by atoms with Crippen LogP contribution in [0.1, 0.15) is 46.0 Å². The van der Waals surface area contributed by atoms with Crippen LogP contribution in [0.25, 0.3) is 0 Å². The largest absolute Gasteiger partial charge is 0.494 e. The molecule has 0 bridgehead atoms. The Bertz CT molecular complexity index is 300. The summed E-state index contributed by atoms with van der Waals surface area (Å²) in [5.41, 5.74) is 1.44. The zero-order valence-corrected chi connectivity index (χ0v) is 11.8. The van der Waals surface area contributed by atoms with Crippen LogP contribution in [0.4, 0.5) is 0 Å². The lowest BCUT2D eigenvalue weighted by molar-refractivity contribution is 0.143. The fraction of sp³-hybridized carbons (Fsp3) is 0.625. The van der Waals surface area contributed by atoms with Gasteiger partial charge in [-0.1, -0.05) is 23.8 Å². The minimum absolute atomic E-state index is 0.699. The Balaban J connectivity index is 1.97. The molecule has 1 aliphatic rings. The highest BCUT2D eigenvalue weighted by Gasteiger charge is 2.02. The van der Waals surface area contributed by atoms with Crippen molar-refractivity contribution in [2.75, 3.05) is 19.8 Å². The maximum absolute atomic E-state index is 5.68. The van der Waals surface area contributed by atoms with Gasteiger partial charge in [-0.15, -0.1) is 0 Å². The molecule has 0 radical (unpaired) electrons. The molecule has 0 aromatic carbocycles. The van der Waals surface area contributed by atoms with Gasteiger partial charge >= 0.3 is 0 Å². The van der Waals surface area contributed by atoms with Gasteiger partial charge < -0.3 is 9.47 Å². The number of hydrogen-bond acceptors (Lipinski definition) is 2. The molecule has 0 atom stereocenters. The van der Waals surface area contributed by atoms with Crippen LogP contribution in [0.3, 0.4) is 0 Å². The van der Waals surface area contributed by atoms with Gasteiger partial charge in [0.15, 0.2) is 0 Å². The van der Waals surface area contributed by atoms with Gasteiger partial charge in [0, 0.05) is 19.6 Å². The Morgan fingerprint density at radius 3 is 2.78 bits per heavy atom. The number of unbranched alkanes of at least 4 members (excludes halogenated alkanes) is 2. The topological polar surface area (TPSA) is 18.5 Å². The molecule has 1 rings (SSSR count). The van der Waals surface area contributed by atoms with Crippen molar-refractivity contribution in [1.29, 1.82) is 0 Å².